The van der Waals surface area contributed by atoms with Crippen LogP contribution >= 0.6 is 0 Å². The first-order valence-corrected chi connectivity index (χ1v) is 9.47. The van der Waals surface area contributed by atoms with Crippen LogP contribution in [0.15, 0.2) is 18.2 Å². The van der Waals surface area contributed by atoms with Gasteiger partial charge in [-0.05, 0) is 51.2 Å². The Morgan fingerprint density at radius 1 is 1.14 bits per heavy atom. The number of rotatable bonds is 4. The molecule has 2 aliphatic heterocycles. The lowest BCUT2D eigenvalue weighted by Crippen LogP contribution is -2.51. The van der Waals surface area contributed by atoms with Crippen molar-refractivity contribution >= 4 is 23.3 Å². The zero-order chi connectivity index (χ0) is 21.2. The number of carboxylic acids is 1. The third-order valence-electron chi connectivity index (χ3n) is 5.36. The average Bonchev–Trinajstić information content (AvgIpc) is 2.69. The molecule has 2 fully saturated rings. The number of aromatic carboxylic acids is 1. The van der Waals surface area contributed by atoms with Gasteiger partial charge in [0.05, 0.1) is 24.5 Å². The molecule has 3 rings (SSSR count). The van der Waals surface area contributed by atoms with E-state index in [9.17, 15) is 27.9 Å². The Morgan fingerprint density at radius 3 is 2.31 bits per heavy atom. The van der Waals surface area contributed by atoms with Gasteiger partial charge in [0.1, 0.15) is 0 Å². The SMILES string of the molecule is CN1CCC(N(C(=O)C(F)(F)F)c2cc(N3CCOCC3)ccc2C(=O)O)CC1. The summed E-state index contributed by atoms with van der Waals surface area (Å²) >= 11 is 0. The molecular weight excluding hydrogens is 391 g/mol. The number of anilines is 2. The second kappa shape index (κ2) is 8.58. The molecule has 2 aliphatic rings. The number of piperidine rings is 1. The highest BCUT2D eigenvalue weighted by Gasteiger charge is 2.46. The van der Waals surface area contributed by atoms with Crippen LogP contribution in [0, 0.1) is 0 Å². The van der Waals surface area contributed by atoms with E-state index < -0.39 is 24.1 Å². The molecule has 29 heavy (non-hydrogen) atoms. The summed E-state index contributed by atoms with van der Waals surface area (Å²) in [4.78, 5) is 28.7. The number of alkyl halides is 3. The predicted molar refractivity (Wildman–Crippen MR) is 100 cm³/mol. The van der Waals surface area contributed by atoms with Gasteiger partial charge in [0, 0.05) is 24.8 Å². The highest BCUT2D eigenvalue weighted by atomic mass is 19.4. The Bertz CT molecular complexity index is 758. The van der Waals surface area contributed by atoms with E-state index in [1.165, 1.54) is 12.1 Å². The van der Waals surface area contributed by atoms with Crippen molar-refractivity contribution in [3.05, 3.63) is 23.8 Å². The summed E-state index contributed by atoms with van der Waals surface area (Å²) in [5.41, 5.74) is 0.0399. The summed E-state index contributed by atoms with van der Waals surface area (Å²) < 4.78 is 45.6. The number of halogens is 3. The minimum atomic E-state index is -5.10. The predicted octanol–water partition coefficient (Wildman–Crippen LogP) is 2.21. The van der Waals surface area contributed by atoms with Crippen LogP contribution in [-0.2, 0) is 9.53 Å². The maximum Gasteiger partial charge on any atom is 0.471 e. The fourth-order valence-electron chi connectivity index (χ4n) is 3.78. The number of nitrogens with zero attached hydrogens (tertiary/aromatic N) is 3. The largest absolute Gasteiger partial charge is 0.478 e. The summed E-state index contributed by atoms with van der Waals surface area (Å²) in [5.74, 6) is -3.41. The molecule has 1 aromatic rings. The van der Waals surface area contributed by atoms with Gasteiger partial charge in [0.15, 0.2) is 0 Å². The van der Waals surface area contributed by atoms with Crippen molar-refractivity contribution in [2.75, 3.05) is 56.2 Å². The van der Waals surface area contributed by atoms with Crippen LogP contribution in [0.25, 0.3) is 0 Å². The molecule has 0 unspecified atom stereocenters. The zero-order valence-corrected chi connectivity index (χ0v) is 16.1. The summed E-state index contributed by atoms with van der Waals surface area (Å²) in [7, 11) is 1.86. The lowest BCUT2D eigenvalue weighted by molar-refractivity contribution is -0.171. The first kappa shape index (κ1) is 21.4. The standard InChI is InChI=1S/C19H24F3N3O4/c1-23-6-4-13(5-7-23)25(18(28)19(20,21)22)16-12-14(2-3-15(16)17(26)27)24-8-10-29-11-9-24/h2-3,12-13H,4-11H2,1H3,(H,26,27). The van der Waals surface area contributed by atoms with E-state index in [-0.39, 0.29) is 11.3 Å². The molecule has 1 amide bonds. The van der Waals surface area contributed by atoms with Crippen molar-refractivity contribution < 1.29 is 32.6 Å². The van der Waals surface area contributed by atoms with Gasteiger partial charge >= 0.3 is 18.1 Å². The third-order valence-corrected chi connectivity index (χ3v) is 5.36. The van der Waals surface area contributed by atoms with Crippen molar-refractivity contribution in [2.45, 2.75) is 25.1 Å². The molecule has 7 nitrogen and oxygen atoms in total. The number of hydrogen-bond donors (Lipinski definition) is 1. The normalized spacial score (nSPS) is 19.2. The smallest absolute Gasteiger partial charge is 0.471 e. The van der Waals surface area contributed by atoms with Crippen LogP contribution in [-0.4, -0.2) is 80.5 Å². The molecule has 160 valence electrons. The van der Waals surface area contributed by atoms with Gasteiger partial charge in [-0.1, -0.05) is 0 Å². The van der Waals surface area contributed by atoms with Crippen LogP contribution in [0.2, 0.25) is 0 Å². The Balaban J connectivity index is 2.06. The first-order valence-electron chi connectivity index (χ1n) is 9.47. The fourth-order valence-corrected chi connectivity index (χ4v) is 3.78. The monoisotopic (exact) mass is 415 g/mol. The van der Waals surface area contributed by atoms with E-state index in [0.717, 1.165) is 0 Å². The molecule has 1 N–H and O–H groups in total. The highest BCUT2D eigenvalue weighted by molar-refractivity contribution is 6.05. The zero-order valence-electron chi connectivity index (χ0n) is 16.1. The summed E-state index contributed by atoms with van der Waals surface area (Å²) in [6.45, 7) is 3.06. The topological polar surface area (TPSA) is 73.3 Å². The molecule has 2 heterocycles. The maximum atomic E-state index is 13.4. The molecule has 0 radical (unpaired) electrons. The van der Waals surface area contributed by atoms with Crippen LogP contribution in [0.4, 0.5) is 24.5 Å². The number of likely N-dealkylation sites (tertiary alicyclic amines) is 1. The van der Waals surface area contributed by atoms with Gasteiger partial charge < -0.3 is 24.5 Å². The second-order valence-electron chi connectivity index (χ2n) is 7.31. The van der Waals surface area contributed by atoms with E-state index in [2.05, 4.69) is 0 Å². The fraction of sp³-hybridized carbons (Fsp3) is 0.579. The lowest BCUT2D eigenvalue weighted by atomic mass is 10.0. The lowest BCUT2D eigenvalue weighted by Gasteiger charge is -2.38. The third kappa shape index (κ3) is 4.81. The molecule has 1 aromatic carbocycles. The number of ether oxygens (including phenoxy) is 1. The number of morpholine rings is 1. The minimum absolute atomic E-state index is 0.210. The molecule has 0 atom stereocenters. The molecule has 0 aromatic heterocycles. The van der Waals surface area contributed by atoms with Gasteiger partial charge in [-0.25, -0.2) is 4.79 Å². The van der Waals surface area contributed by atoms with Gasteiger partial charge in [-0.3, -0.25) is 4.79 Å². The van der Waals surface area contributed by atoms with Crippen molar-refractivity contribution in [1.82, 2.24) is 4.90 Å². The van der Waals surface area contributed by atoms with Crippen molar-refractivity contribution in [1.29, 1.82) is 0 Å². The molecule has 10 heteroatoms. The Hall–Kier alpha value is -2.33. The van der Waals surface area contributed by atoms with Crippen molar-refractivity contribution in [3.8, 4) is 0 Å². The van der Waals surface area contributed by atoms with Crippen LogP contribution in [0.1, 0.15) is 23.2 Å². The van der Waals surface area contributed by atoms with Crippen LogP contribution < -0.4 is 9.80 Å². The van der Waals surface area contributed by atoms with Gasteiger partial charge in [-0.15, -0.1) is 0 Å². The number of hydrogen-bond acceptors (Lipinski definition) is 5. The summed E-state index contributed by atoms with van der Waals surface area (Å²) in [5, 5.41) is 9.58. The number of carboxylic acid groups (broad SMARTS) is 1. The molecule has 0 spiro atoms. The Labute approximate surface area is 166 Å². The highest BCUT2D eigenvalue weighted by Crippen LogP contribution is 2.34. The number of carbonyl (C=O) groups is 2. The van der Waals surface area contributed by atoms with E-state index in [4.69, 9.17) is 4.74 Å². The second-order valence-corrected chi connectivity index (χ2v) is 7.31. The number of benzene rings is 1. The minimum Gasteiger partial charge on any atom is -0.478 e. The van der Waals surface area contributed by atoms with Gasteiger partial charge in [-0.2, -0.15) is 13.2 Å². The summed E-state index contributed by atoms with van der Waals surface area (Å²) in [6.07, 6.45) is -4.44. The molecule has 0 bridgehead atoms. The Kier molecular flexibility index (Phi) is 6.33. The van der Waals surface area contributed by atoms with Gasteiger partial charge in [0.2, 0.25) is 0 Å². The molecule has 0 aliphatic carbocycles. The molecule has 0 saturated carbocycles. The van der Waals surface area contributed by atoms with E-state index >= 15 is 0 Å². The average molecular weight is 415 g/mol. The van der Waals surface area contributed by atoms with Crippen LogP contribution in [0.3, 0.4) is 0 Å². The first-order chi connectivity index (χ1) is 13.7. The summed E-state index contributed by atoms with van der Waals surface area (Å²) in [6, 6.07) is 3.49. The molecular formula is C19H24F3N3O4. The van der Waals surface area contributed by atoms with E-state index in [1.807, 2.05) is 16.8 Å². The van der Waals surface area contributed by atoms with Crippen molar-refractivity contribution in [3.63, 3.8) is 0 Å². The quantitative estimate of drug-likeness (QED) is 0.813. The van der Waals surface area contributed by atoms with Gasteiger partial charge in [0.25, 0.3) is 0 Å². The van der Waals surface area contributed by atoms with E-state index in [0.29, 0.717) is 62.8 Å². The van der Waals surface area contributed by atoms with Crippen LogP contribution in [0.5, 0.6) is 0 Å². The van der Waals surface area contributed by atoms with E-state index in [1.54, 1.807) is 6.07 Å². The van der Waals surface area contributed by atoms with Crippen molar-refractivity contribution in [2.24, 2.45) is 0 Å². The Morgan fingerprint density at radius 2 is 1.76 bits per heavy atom. The number of amides is 1. The molecule has 2 saturated heterocycles. The maximum absolute atomic E-state index is 13.4. The number of carbonyl (C=O) groups excluding carboxylic acids is 1.